The van der Waals surface area contributed by atoms with E-state index in [9.17, 15) is 14.6 Å². The van der Waals surface area contributed by atoms with Crippen LogP contribution in [0.4, 0.5) is 21.6 Å². The molecule has 33 heavy (non-hydrogen) atoms. The molecule has 3 heterocycles. The number of likely N-dealkylation sites (tertiary alicyclic amines) is 1. The average molecular weight is 451 g/mol. The largest absolute Gasteiger partial charge is 0.387 e. The van der Waals surface area contributed by atoms with E-state index < -0.39 is 17.5 Å². The molecule has 0 amide bonds. The zero-order valence-corrected chi connectivity index (χ0v) is 18.4. The maximum atomic E-state index is 14.6. The number of hydrogen-bond acceptors (Lipinski definition) is 8. The van der Waals surface area contributed by atoms with Crippen molar-refractivity contribution in [2.24, 2.45) is 5.10 Å². The van der Waals surface area contributed by atoms with Gasteiger partial charge in [0.25, 0.3) is 0 Å². The first-order chi connectivity index (χ1) is 15.8. The molecular weight excluding hydrogens is 423 g/mol. The van der Waals surface area contributed by atoms with Gasteiger partial charge in [-0.15, -0.1) is 0 Å². The van der Waals surface area contributed by atoms with E-state index in [-0.39, 0.29) is 5.69 Å². The van der Waals surface area contributed by atoms with Crippen molar-refractivity contribution in [3.63, 3.8) is 0 Å². The van der Waals surface area contributed by atoms with Crippen LogP contribution < -0.4 is 10.3 Å². The predicted octanol–water partition coefficient (Wildman–Crippen LogP) is 3.57. The summed E-state index contributed by atoms with van der Waals surface area (Å²) in [6.07, 6.45) is 2.88. The second-order valence-corrected chi connectivity index (χ2v) is 8.27. The Balaban J connectivity index is 1.58. The first-order valence-corrected chi connectivity index (χ1v) is 10.6. The molecule has 0 radical (unpaired) electrons. The highest BCUT2D eigenvalue weighted by atomic mass is 19.1. The molecule has 2 aromatic heterocycles. The predicted molar refractivity (Wildman–Crippen MR) is 128 cm³/mol. The quantitative estimate of drug-likeness (QED) is 0.374. The number of hydrogen-bond donors (Lipinski definition) is 3. The lowest BCUT2D eigenvalue weighted by atomic mass is 9.84. The van der Waals surface area contributed by atoms with Gasteiger partial charge in [0.15, 0.2) is 0 Å². The number of halogens is 1. The van der Waals surface area contributed by atoms with Crippen molar-refractivity contribution < 1.29 is 14.6 Å². The molecule has 1 atom stereocenters. The highest BCUT2D eigenvalue weighted by Crippen LogP contribution is 2.34. The van der Waals surface area contributed by atoms with Crippen LogP contribution in [0.1, 0.15) is 24.6 Å². The smallest absolute Gasteiger partial charge is 0.148 e. The zero-order chi connectivity index (χ0) is 23.6. The van der Waals surface area contributed by atoms with Crippen LogP contribution in [0.25, 0.3) is 10.9 Å². The summed E-state index contributed by atoms with van der Waals surface area (Å²) in [6.45, 7) is 8.45. The Bertz CT molecular complexity index is 1170. The van der Waals surface area contributed by atoms with E-state index in [0.29, 0.717) is 48.6 Å². The van der Waals surface area contributed by atoms with Crippen molar-refractivity contribution in [1.29, 1.82) is 0 Å². The second kappa shape index (κ2) is 9.22. The standard InChI is InChI=1S/C24H27FN6O2/c1-4-31(26-2)17-6-8-19(18(25)13-17)29-22-14-21-16(15-27-22)5-7-20(28-21)23(32)24(33)9-11-30(3)12-10-24/h4-8,13-15,23,32-33H,1-2,9-12H2,3H3,(H,27,29). The maximum Gasteiger partial charge on any atom is 0.148 e. The van der Waals surface area contributed by atoms with Gasteiger partial charge in [0.05, 0.1) is 28.2 Å². The van der Waals surface area contributed by atoms with Gasteiger partial charge in [0.1, 0.15) is 17.7 Å². The molecule has 3 N–H and O–H groups in total. The third kappa shape index (κ3) is 4.70. The van der Waals surface area contributed by atoms with Crippen molar-refractivity contribution in [3.8, 4) is 0 Å². The van der Waals surface area contributed by atoms with E-state index in [2.05, 4.69) is 38.6 Å². The number of rotatable bonds is 7. The van der Waals surface area contributed by atoms with E-state index in [1.165, 1.54) is 17.3 Å². The van der Waals surface area contributed by atoms with Gasteiger partial charge in [-0.1, -0.05) is 6.58 Å². The van der Waals surface area contributed by atoms with E-state index >= 15 is 0 Å². The van der Waals surface area contributed by atoms with E-state index in [1.807, 2.05) is 7.05 Å². The fourth-order valence-electron chi connectivity index (χ4n) is 3.94. The molecular formula is C24H27FN6O2. The fraction of sp³-hybridized carbons (Fsp3) is 0.292. The highest BCUT2D eigenvalue weighted by Gasteiger charge is 2.39. The van der Waals surface area contributed by atoms with Crippen LogP contribution >= 0.6 is 0 Å². The van der Waals surface area contributed by atoms with E-state index in [4.69, 9.17) is 0 Å². The van der Waals surface area contributed by atoms with Gasteiger partial charge in [-0.05, 0) is 44.2 Å². The van der Waals surface area contributed by atoms with Crippen LogP contribution in [-0.4, -0.2) is 57.5 Å². The summed E-state index contributed by atoms with van der Waals surface area (Å²) < 4.78 is 14.6. The van der Waals surface area contributed by atoms with Crippen molar-refractivity contribution in [1.82, 2.24) is 14.9 Å². The molecule has 1 unspecified atom stereocenters. The fourth-order valence-corrected chi connectivity index (χ4v) is 3.94. The number of fused-ring (bicyclic) bond motifs is 1. The SMILES string of the molecule is C=CN(N=C)c1ccc(Nc2cc3nc(C(O)C4(O)CCN(C)CC4)ccc3cn2)c(F)c1. The van der Waals surface area contributed by atoms with Gasteiger partial charge in [-0.3, -0.25) is 0 Å². The minimum atomic E-state index is -1.22. The normalized spacial score (nSPS) is 16.8. The number of aliphatic hydroxyl groups excluding tert-OH is 1. The topological polar surface area (TPSA) is 97.1 Å². The van der Waals surface area contributed by atoms with Crippen LogP contribution in [0.5, 0.6) is 0 Å². The summed E-state index contributed by atoms with van der Waals surface area (Å²) in [5.41, 5.74) is 0.471. The number of nitrogens with zero attached hydrogens (tertiary/aromatic N) is 5. The molecule has 9 heteroatoms. The molecule has 4 rings (SSSR count). The highest BCUT2D eigenvalue weighted by molar-refractivity contribution is 5.81. The summed E-state index contributed by atoms with van der Waals surface area (Å²) in [4.78, 5) is 11.0. The Labute approximate surface area is 191 Å². The number of piperidine rings is 1. The molecule has 3 aromatic rings. The number of aromatic nitrogens is 2. The lowest BCUT2D eigenvalue weighted by Gasteiger charge is -2.39. The summed E-state index contributed by atoms with van der Waals surface area (Å²) in [7, 11) is 1.99. The average Bonchev–Trinajstić information content (AvgIpc) is 2.82. The van der Waals surface area contributed by atoms with Crippen LogP contribution in [0.3, 0.4) is 0 Å². The number of pyridine rings is 2. The molecule has 172 valence electrons. The summed E-state index contributed by atoms with van der Waals surface area (Å²) in [5, 5.41) is 30.7. The second-order valence-electron chi connectivity index (χ2n) is 8.27. The van der Waals surface area contributed by atoms with Gasteiger partial charge in [-0.2, -0.15) is 5.10 Å². The lowest BCUT2D eigenvalue weighted by Crippen LogP contribution is -2.46. The number of benzene rings is 1. The molecule has 1 aliphatic heterocycles. The molecule has 1 fully saturated rings. The van der Waals surface area contributed by atoms with Crippen LogP contribution in [0, 0.1) is 5.82 Å². The van der Waals surface area contributed by atoms with E-state index in [0.717, 1.165) is 5.39 Å². The van der Waals surface area contributed by atoms with Crippen LogP contribution in [0.15, 0.2) is 60.5 Å². The molecule has 0 saturated carbocycles. The summed E-state index contributed by atoms with van der Waals surface area (Å²) in [5.74, 6) is -0.0970. The van der Waals surface area contributed by atoms with Gasteiger partial charge in [-0.25, -0.2) is 19.4 Å². The molecule has 0 spiro atoms. The van der Waals surface area contributed by atoms with Crippen molar-refractivity contribution in [3.05, 3.63) is 66.9 Å². The van der Waals surface area contributed by atoms with Gasteiger partial charge >= 0.3 is 0 Å². The Kier molecular flexibility index (Phi) is 6.37. The molecule has 1 aromatic carbocycles. The maximum absolute atomic E-state index is 14.6. The van der Waals surface area contributed by atoms with Gasteiger partial charge in [0, 0.05) is 49.7 Å². The number of anilines is 3. The Morgan fingerprint density at radius 3 is 2.70 bits per heavy atom. The third-order valence-corrected chi connectivity index (χ3v) is 6.04. The first kappa shape index (κ1) is 22.8. The minimum absolute atomic E-state index is 0.232. The van der Waals surface area contributed by atoms with Crippen LogP contribution in [0.2, 0.25) is 0 Å². The van der Waals surface area contributed by atoms with Crippen molar-refractivity contribution in [2.45, 2.75) is 24.5 Å². The molecule has 1 saturated heterocycles. The van der Waals surface area contributed by atoms with Gasteiger partial charge in [0.2, 0.25) is 0 Å². The number of nitrogens with one attached hydrogen (secondary N) is 1. The zero-order valence-electron chi connectivity index (χ0n) is 18.4. The first-order valence-electron chi connectivity index (χ1n) is 10.6. The molecule has 1 aliphatic rings. The Morgan fingerprint density at radius 2 is 2.03 bits per heavy atom. The molecule has 8 nitrogen and oxygen atoms in total. The van der Waals surface area contributed by atoms with Crippen molar-refractivity contribution >= 4 is 34.8 Å². The third-order valence-electron chi connectivity index (χ3n) is 6.04. The Morgan fingerprint density at radius 1 is 1.27 bits per heavy atom. The van der Waals surface area contributed by atoms with Crippen molar-refractivity contribution in [2.75, 3.05) is 30.5 Å². The van der Waals surface area contributed by atoms with Gasteiger partial charge < -0.3 is 20.4 Å². The number of aliphatic hydroxyl groups is 2. The monoisotopic (exact) mass is 450 g/mol. The minimum Gasteiger partial charge on any atom is -0.387 e. The van der Waals surface area contributed by atoms with E-state index in [1.54, 1.807) is 36.5 Å². The van der Waals surface area contributed by atoms with Crippen LogP contribution in [-0.2, 0) is 0 Å². The summed E-state index contributed by atoms with van der Waals surface area (Å²) in [6, 6.07) is 9.75. The lowest BCUT2D eigenvalue weighted by molar-refractivity contribution is -0.110. The molecule has 0 bridgehead atoms. The summed E-state index contributed by atoms with van der Waals surface area (Å²) >= 11 is 0. The Hall–Kier alpha value is -3.40. The molecule has 0 aliphatic carbocycles. The number of hydrazone groups is 1.